The molecule has 4 heteroatoms. The first-order valence-electron chi connectivity index (χ1n) is 16.9. The van der Waals surface area contributed by atoms with Crippen molar-refractivity contribution in [1.29, 1.82) is 0 Å². The van der Waals surface area contributed by atoms with Gasteiger partial charge in [0, 0.05) is 55.4 Å². The van der Waals surface area contributed by atoms with E-state index in [1.165, 1.54) is 21.5 Å². The molecule has 11 rings (SSSR count). The van der Waals surface area contributed by atoms with Crippen LogP contribution in [-0.2, 0) is 0 Å². The van der Waals surface area contributed by atoms with E-state index < -0.39 is 0 Å². The van der Waals surface area contributed by atoms with E-state index in [1.54, 1.807) is 0 Å². The van der Waals surface area contributed by atoms with E-state index >= 15 is 0 Å². The second-order valence-electron chi connectivity index (χ2n) is 12.9. The van der Waals surface area contributed by atoms with Gasteiger partial charge in [0.1, 0.15) is 22.3 Å². The Labute approximate surface area is 286 Å². The molecule has 3 aromatic heterocycles. The van der Waals surface area contributed by atoms with Crippen LogP contribution in [0.5, 0.6) is 0 Å². The summed E-state index contributed by atoms with van der Waals surface area (Å²) in [6.07, 6.45) is 0. The van der Waals surface area contributed by atoms with Crippen LogP contribution in [0.25, 0.3) is 82.1 Å². The molecule has 0 atom stereocenters. The highest BCUT2D eigenvalue weighted by molar-refractivity contribution is 6.20. The number of para-hydroxylation sites is 4. The monoisotopic (exact) mass is 640 g/mol. The first-order valence-corrected chi connectivity index (χ1v) is 16.9. The van der Waals surface area contributed by atoms with E-state index in [9.17, 15) is 0 Å². The summed E-state index contributed by atoms with van der Waals surface area (Å²) < 4.78 is 15.3. The fourth-order valence-electron chi connectivity index (χ4n) is 7.98. The maximum absolute atomic E-state index is 6.46. The van der Waals surface area contributed by atoms with Crippen molar-refractivity contribution >= 4 is 93.5 Å². The van der Waals surface area contributed by atoms with Crippen LogP contribution < -0.4 is 4.90 Å². The molecule has 0 spiro atoms. The van der Waals surface area contributed by atoms with E-state index in [-0.39, 0.29) is 0 Å². The van der Waals surface area contributed by atoms with E-state index in [2.05, 4.69) is 167 Å². The Morgan fingerprint density at radius 1 is 0.400 bits per heavy atom. The zero-order valence-corrected chi connectivity index (χ0v) is 26.9. The molecule has 0 radical (unpaired) electrons. The van der Waals surface area contributed by atoms with Gasteiger partial charge in [0.2, 0.25) is 0 Å². The quantitative estimate of drug-likeness (QED) is 0.192. The molecule has 50 heavy (non-hydrogen) atoms. The van der Waals surface area contributed by atoms with Gasteiger partial charge in [-0.15, -0.1) is 0 Å². The molecule has 0 aliphatic rings. The molecule has 0 amide bonds. The number of hydrogen-bond donors (Lipinski definition) is 0. The van der Waals surface area contributed by atoms with Gasteiger partial charge in [0.15, 0.2) is 0 Å². The van der Waals surface area contributed by atoms with Crippen molar-refractivity contribution in [2.75, 3.05) is 4.90 Å². The maximum Gasteiger partial charge on any atom is 0.137 e. The summed E-state index contributed by atoms with van der Waals surface area (Å²) in [5, 5.41) is 9.21. The van der Waals surface area contributed by atoms with Gasteiger partial charge in [-0.05, 0) is 77.5 Å². The Hall–Kier alpha value is -6.78. The smallest absolute Gasteiger partial charge is 0.137 e. The Balaban J connectivity index is 1.25. The number of aromatic nitrogens is 1. The van der Waals surface area contributed by atoms with E-state index in [0.29, 0.717) is 0 Å². The molecule has 4 nitrogen and oxygen atoms in total. The van der Waals surface area contributed by atoms with Gasteiger partial charge in [-0.3, -0.25) is 0 Å². The van der Waals surface area contributed by atoms with Crippen LogP contribution in [0.1, 0.15) is 0 Å². The molecular formula is C46H28N2O2. The van der Waals surface area contributed by atoms with Crippen molar-refractivity contribution in [2.24, 2.45) is 0 Å². The van der Waals surface area contributed by atoms with E-state index in [1.807, 2.05) is 12.1 Å². The lowest BCUT2D eigenvalue weighted by atomic mass is 10.0. The molecule has 0 bridgehead atoms. The second-order valence-corrected chi connectivity index (χ2v) is 12.9. The molecule has 0 fully saturated rings. The lowest BCUT2D eigenvalue weighted by molar-refractivity contribution is 0.668. The van der Waals surface area contributed by atoms with Crippen LogP contribution in [0.3, 0.4) is 0 Å². The molecule has 11 aromatic rings. The van der Waals surface area contributed by atoms with Crippen LogP contribution in [0.4, 0.5) is 17.1 Å². The van der Waals surface area contributed by atoms with Gasteiger partial charge in [-0.25, -0.2) is 0 Å². The number of benzene rings is 8. The molecule has 0 saturated heterocycles. The lowest BCUT2D eigenvalue weighted by Crippen LogP contribution is -2.11. The third-order valence-electron chi connectivity index (χ3n) is 10.2. The fraction of sp³-hybridized carbons (Fsp3) is 0. The number of rotatable bonds is 4. The normalized spacial score (nSPS) is 12.0. The molecule has 3 heterocycles. The van der Waals surface area contributed by atoms with Crippen molar-refractivity contribution in [3.05, 3.63) is 170 Å². The van der Waals surface area contributed by atoms with Crippen molar-refractivity contribution in [2.45, 2.75) is 0 Å². The predicted octanol–water partition coefficient (Wildman–Crippen LogP) is 13.2. The van der Waals surface area contributed by atoms with E-state index in [4.69, 9.17) is 8.83 Å². The topological polar surface area (TPSA) is 34.5 Å². The van der Waals surface area contributed by atoms with Gasteiger partial charge in [-0.2, -0.15) is 0 Å². The standard InChI is InChI=1S/C46H28N2O2/c1-2-12-30(13-3-1)48-39-18-8-6-15-34(39)37-17-10-19-40(46(37)48)47(32-22-24-36-35-16-7-9-20-41(35)50-44(36)28-32)31-23-26-42-38(27-31)45-33-14-5-4-11-29(33)21-25-43(45)49-42/h1-28H. The number of anilines is 3. The van der Waals surface area contributed by atoms with Crippen molar-refractivity contribution in [3.63, 3.8) is 0 Å². The Morgan fingerprint density at radius 3 is 1.98 bits per heavy atom. The molecule has 0 aliphatic heterocycles. The van der Waals surface area contributed by atoms with Gasteiger partial charge in [-0.1, -0.05) is 97.1 Å². The number of nitrogens with zero attached hydrogens (tertiary/aromatic N) is 2. The van der Waals surface area contributed by atoms with Crippen LogP contribution in [-0.4, -0.2) is 4.57 Å². The van der Waals surface area contributed by atoms with Crippen LogP contribution in [0, 0.1) is 0 Å². The summed E-state index contributed by atoms with van der Waals surface area (Å²) in [6, 6.07) is 60.1. The number of hydrogen-bond acceptors (Lipinski definition) is 3. The van der Waals surface area contributed by atoms with Crippen molar-refractivity contribution in [3.8, 4) is 5.69 Å². The summed E-state index contributed by atoms with van der Waals surface area (Å²) in [5.41, 5.74) is 10.00. The third kappa shape index (κ3) is 3.87. The molecule has 0 N–H and O–H groups in total. The van der Waals surface area contributed by atoms with Gasteiger partial charge >= 0.3 is 0 Å². The second kappa shape index (κ2) is 10.4. The van der Waals surface area contributed by atoms with Crippen molar-refractivity contribution < 1.29 is 8.83 Å². The summed E-state index contributed by atoms with van der Waals surface area (Å²) in [6.45, 7) is 0. The minimum Gasteiger partial charge on any atom is -0.456 e. The highest BCUT2D eigenvalue weighted by Gasteiger charge is 2.23. The lowest BCUT2D eigenvalue weighted by Gasteiger charge is -2.27. The summed E-state index contributed by atoms with van der Waals surface area (Å²) in [5.74, 6) is 0. The molecule has 0 saturated carbocycles. The summed E-state index contributed by atoms with van der Waals surface area (Å²) in [4.78, 5) is 2.37. The van der Waals surface area contributed by atoms with Crippen LogP contribution in [0.2, 0.25) is 0 Å². The minimum absolute atomic E-state index is 0.852. The predicted molar refractivity (Wildman–Crippen MR) is 208 cm³/mol. The summed E-state index contributed by atoms with van der Waals surface area (Å²) in [7, 11) is 0. The SMILES string of the molecule is c1ccc(-n2c3ccccc3c3cccc(N(c4ccc5c(c4)oc4ccccc45)c4ccc5oc6ccc7ccccc7c6c5c4)c32)cc1. The highest BCUT2D eigenvalue weighted by Crippen LogP contribution is 2.46. The molecule has 0 unspecified atom stereocenters. The average molecular weight is 641 g/mol. The Kier molecular flexibility index (Phi) is 5.63. The molecule has 234 valence electrons. The minimum atomic E-state index is 0.852. The van der Waals surface area contributed by atoms with Gasteiger partial charge in [0.25, 0.3) is 0 Å². The molecular weight excluding hydrogens is 613 g/mol. The first-order chi connectivity index (χ1) is 24.8. The van der Waals surface area contributed by atoms with Gasteiger partial charge < -0.3 is 18.3 Å². The average Bonchev–Trinajstić information content (AvgIpc) is 3.85. The molecule has 8 aromatic carbocycles. The zero-order valence-electron chi connectivity index (χ0n) is 26.9. The Bertz CT molecular complexity index is 3110. The third-order valence-corrected chi connectivity index (χ3v) is 10.2. The highest BCUT2D eigenvalue weighted by atomic mass is 16.3. The number of fused-ring (bicyclic) bond motifs is 11. The van der Waals surface area contributed by atoms with Crippen molar-refractivity contribution in [1.82, 2.24) is 4.57 Å². The van der Waals surface area contributed by atoms with Crippen LogP contribution in [0.15, 0.2) is 179 Å². The number of furan rings is 2. The summed E-state index contributed by atoms with van der Waals surface area (Å²) >= 11 is 0. The Morgan fingerprint density at radius 2 is 1.06 bits per heavy atom. The maximum atomic E-state index is 6.46. The van der Waals surface area contributed by atoms with Crippen LogP contribution >= 0.6 is 0 Å². The zero-order chi connectivity index (χ0) is 32.8. The largest absolute Gasteiger partial charge is 0.456 e. The first kappa shape index (κ1) is 27.2. The van der Waals surface area contributed by atoms with E-state index in [0.717, 1.165) is 77.7 Å². The fourth-order valence-corrected chi connectivity index (χ4v) is 7.98. The van der Waals surface area contributed by atoms with Gasteiger partial charge in [0.05, 0.1) is 16.7 Å². The molecule has 0 aliphatic carbocycles.